The maximum atomic E-state index is 10.6. The quantitative estimate of drug-likeness (QED) is 0.807. The Hall–Kier alpha value is -0.730. The standard InChI is InChI=1S/C15H22ClNO/c1-12-6-7-13(16)14(10-12)17-11-15(18)8-4-2-3-5-9-15/h6-7,10,17-18H,2-5,8-9,11H2,1H3. The molecular weight excluding hydrogens is 246 g/mol. The zero-order valence-electron chi connectivity index (χ0n) is 11.0. The van der Waals surface area contributed by atoms with E-state index in [0.29, 0.717) is 6.54 Å². The lowest BCUT2D eigenvalue weighted by Crippen LogP contribution is -2.36. The molecule has 1 aliphatic carbocycles. The van der Waals surface area contributed by atoms with Crippen molar-refractivity contribution < 1.29 is 5.11 Å². The van der Waals surface area contributed by atoms with Crippen LogP contribution >= 0.6 is 11.6 Å². The minimum atomic E-state index is -0.566. The first kappa shape index (κ1) is 13.7. The van der Waals surface area contributed by atoms with E-state index in [1.165, 1.54) is 18.4 Å². The molecule has 0 spiro atoms. The van der Waals surface area contributed by atoms with Gasteiger partial charge in [0.1, 0.15) is 0 Å². The Labute approximate surface area is 114 Å². The Balaban J connectivity index is 1.99. The number of nitrogens with one attached hydrogen (secondary N) is 1. The van der Waals surface area contributed by atoms with Gasteiger partial charge in [0.25, 0.3) is 0 Å². The van der Waals surface area contributed by atoms with E-state index in [1.54, 1.807) is 0 Å². The molecule has 18 heavy (non-hydrogen) atoms. The number of hydrogen-bond donors (Lipinski definition) is 2. The third-order valence-corrected chi connectivity index (χ3v) is 4.09. The third-order valence-electron chi connectivity index (χ3n) is 3.76. The first-order chi connectivity index (χ1) is 8.59. The molecule has 0 heterocycles. The van der Waals surface area contributed by atoms with E-state index >= 15 is 0 Å². The normalized spacial score (nSPS) is 19.3. The fourth-order valence-corrected chi connectivity index (χ4v) is 2.78. The van der Waals surface area contributed by atoms with Gasteiger partial charge in [-0.1, -0.05) is 43.4 Å². The second kappa shape index (κ2) is 5.94. The average molecular weight is 268 g/mol. The van der Waals surface area contributed by atoms with E-state index in [-0.39, 0.29) is 0 Å². The van der Waals surface area contributed by atoms with Crippen LogP contribution in [0.1, 0.15) is 44.1 Å². The zero-order valence-corrected chi connectivity index (χ0v) is 11.8. The van der Waals surface area contributed by atoms with Gasteiger partial charge in [-0.15, -0.1) is 0 Å². The lowest BCUT2D eigenvalue weighted by molar-refractivity contribution is 0.0381. The Bertz CT molecular complexity index is 397. The van der Waals surface area contributed by atoms with Crippen molar-refractivity contribution in [2.75, 3.05) is 11.9 Å². The Morgan fingerprint density at radius 1 is 1.22 bits per heavy atom. The molecule has 3 heteroatoms. The fraction of sp³-hybridized carbons (Fsp3) is 0.600. The number of rotatable bonds is 3. The number of anilines is 1. The van der Waals surface area contributed by atoms with Crippen molar-refractivity contribution in [3.63, 3.8) is 0 Å². The number of aliphatic hydroxyl groups is 1. The molecule has 0 amide bonds. The van der Waals surface area contributed by atoms with E-state index in [0.717, 1.165) is 36.4 Å². The SMILES string of the molecule is Cc1ccc(Cl)c(NCC2(O)CCCCCC2)c1. The number of aryl methyl sites for hydroxylation is 1. The van der Waals surface area contributed by atoms with Crippen molar-refractivity contribution >= 4 is 17.3 Å². The van der Waals surface area contributed by atoms with Crippen molar-refractivity contribution in [2.24, 2.45) is 0 Å². The maximum absolute atomic E-state index is 10.6. The second-order valence-corrected chi connectivity index (χ2v) is 5.88. The van der Waals surface area contributed by atoms with Crippen LogP contribution in [0, 0.1) is 6.92 Å². The van der Waals surface area contributed by atoms with Crippen LogP contribution in [-0.2, 0) is 0 Å². The number of benzene rings is 1. The molecule has 1 aromatic carbocycles. The molecule has 0 aromatic heterocycles. The van der Waals surface area contributed by atoms with Crippen LogP contribution in [0.5, 0.6) is 0 Å². The fourth-order valence-electron chi connectivity index (χ4n) is 2.60. The molecule has 1 fully saturated rings. The number of halogens is 1. The van der Waals surface area contributed by atoms with E-state index in [2.05, 4.69) is 5.32 Å². The van der Waals surface area contributed by atoms with Gasteiger partial charge < -0.3 is 10.4 Å². The molecule has 0 saturated heterocycles. The predicted octanol–water partition coefficient (Wildman–Crippen LogP) is 4.15. The van der Waals surface area contributed by atoms with Crippen molar-refractivity contribution in [1.29, 1.82) is 0 Å². The molecule has 0 aliphatic heterocycles. The van der Waals surface area contributed by atoms with Gasteiger partial charge in [0.2, 0.25) is 0 Å². The minimum absolute atomic E-state index is 0.566. The summed E-state index contributed by atoms with van der Waals surface area (Å²) < 4.78 is 0. The first-order valence-corrected chi connectivity index (χ1v) is 7.19. The highest BCUT2D eigenvalue weighted by Crippen LogP contribution is 2.29. The van der Waals surface area contributed by atoms with Crippen LogP contribution in [-0.4, -0.2) is 17.3 Å². The van der Waals surface area contributed by atoms with Gasteiger partial charge >= 0.3 is 0 Å². The Morgan fingerprint density at radius 3 is 2.56 bits per heavy atom. The highest BCUT2D eigenvalue weighted by atomic mass is 35.5. The van der Waals surface area contributed by atoms with Gasteiger partial charge in [0, 0.05) is 6.54 Å². The third kappa shape index (κ3) is 3.63. The highest BCUT2D eigenvalue weighted by Gasteiger charge is 2.27. The van der Waals surface area contributed by atoms with Gasteiger partial charge in [-0.2, -0.15) is 0 Å². The first-order valence-electron chi connectivity index (χ1n) is 6.81. The molecule has 2 nitrogen and oxygen atoms in total. The lowest BCUT2D eigenvalue weighted by atomic mass is 9.94. The zero-order chi connectivity index (χ0) is 13.0. The van der Waals surface area contributed by atoms with Crippen LogP contribution in [0.3, 0.4) is 0 Å². The van der Waals surface area contributed by atoms with Crippen molar-refractivity contribution in [2.45, 2.75) is 51.0 Å². The monoisotopic (exact) mass is 267 g/mol. The molecule has 0 unspecified atom stereocenters. The van der Waals surface area contributed by atoms with Crippen LogP contribution in [0.25, 0.3) is 0 Å². The highest BCUT2D eigenvalue weighted by molar-refractivity contribution is 6.33. The Kier molecular flexibility index (Phi) is 4.52. The summed E-state index contributed by atoms with van der Waals surface area (Å²) >= 11 is 6.15. The summed E-state index contributed by atoms with van der Waals surface area (Å²) in [5.74, 6) is 0. The van der Waals surface area contributed by atoms with Crippen LogP contribution in [0.2, 0.25) is 5.02 Å². The molecule has 1 saturated carbocycles. The van der Waals surface area contributed by atoms with Gasteiger partial charge in [-0.25, -0.2) is 0 Å². The second-order valence-electron chi connectivity index (χ2n) is 5.48. The predicted molar refractivity (Wildman–Crippen MR) is 77.3 cm³/mol. The molecule has 0 atom stereocenters. The summed E-state index contributed by atoms with van der Waals surface area (Å²) in [7, 11) is 0. The molecule has 2 N–H and O–H groups in total. The smallest absolute Gasteiger partial charge is 0.0819 e. The summed E-state index contributed by atoms with van der Waals surface area (Å²) in [6.45, 7) is 2.64. The molecule has 0 bridgehead atoms. The Morgan fingerprint density at radius 2 is 1.89 bits per heavy atom. The topological polar surface area (TPSA) is 32.3 Å². The minimum Gasteiger partial charge on any atom is -0.388 e. The molecular formula is C15H22ClNO. The van der Waals surface area contributed by atoms with E-state index in [1.807, 2.05) is 25.1 Å². The van der Waals surface area contributed by atoms with Crippen molar-refractivity contribution in [3.05, 3.63) is 28.8 Å². The van der Waals surface area contributed by atoms with Gasteiger partial charge in [-0.05, 0) is 37.5 Å². The average Bonchev–Trinajstić information content (AvgIpc) is 2.56. The molecule has 1 aliphatic rings. The van der Waals surface area contributed by atoms with E-state index < -0.39 is 5.60 Å². The van der Waals surface area contributed by atoms with Crippen molar-refractivity contribution in [3.8, 4) is 0 Å². The summed E-state index contributed by atoms with van der Waals surface area (Å²) in [4.78, 5) is 0. The summed E-state index contributed by atoms with van der Waals surface area (Å²) in [6.07, 6.45) is 6.52. The van der Waals surface area contributed by atoms with Crippen LogP contribution in [0.15, 0.2) is 18.2 Å². The molecule has 100 valence electrons. The summed E-state index contributed by atoms with van der Waals surface area (Å²) in [5.41, 5.74) is 1.54. The molecule has 0 radical (unpaired) electrons. The van der Waals surface area contributed by atoms with E-state index in [4.69, 9.17) is 11.6 Å². The largest absolute Gasteiger partial charge is 0.388 e. The van der Waals surface area contributed by atoms with Gasteiger partial charge in [0.15, 0.2) is 0 Å². The van der Waals surface area contributed by atoms with Crippen LogP contribution in [0.4, 0.5) is 5.69 Å². The molecule has 2 rings (SSSR count). The summed E-state index contributed by atoms with van der Waals surface area (Å²) in [5, 5.41) is 14.6. The van der Waals surface area contributed by atoms with Gasteiger partial charge in [0.05, 0.1) is 16.3 Å². The van der Waals surface area contributed by atoms with Gasteiger partial charge in [-0.3, -0.25) is 0 Å². The maximum Gasteiger partial charge on any atom is 0.0819 e. The van der Waals surface area contributed by atoms with Crippen molar-refractivity contribution in [1.82, 2.24) is 0 Å². The van der Waals surface area contributed by atoms with E-state index in [9.17, 15) is 5.11 Å². The van der Waals surface area contributed by atoms with Crippen LogP contribution < -0.4 is 5.32 Å². The summed E-state index contributed by atoms with van der Waals surface area (Å²) in [6, 6.07) is 5.92. The number of hydrogen-bond acceptors (Lipinski definition) is 2. The lowest BCUT2D eigenvalue weighted by Gasteiger charge is -2.27. The molecule has 1 aromatic rings.